The normalized spacial score (nSPS) is 15.7. The summed E-state index contributed by atoms with van der Waals surface area (Å²) in [6.07, 6.45) is 1.63. The fourth-order valence-electron chi connectivity index (χ4n) is 3.60. The lowest BCUT2D eigenvalue weighted by Crippen LogP contribution is -2.29. The molecule has 2 aromatic carbocycles. The fourth-order valence-corrected chi connectivity index (χ4v) is 4.63. The number of fused-ring (bicyclic) bond motifs is 2. The predicted octanol–water partition coefficient (Wildman–Crippen LogP) is 4.77. The number of carbonyl (C=O) groups is 1. The highest BCUT2D eigenvalue weighted by Crippen LogP contribution is 2.42. The highest BCUT2D eigenvalue weighted by molar-refractivity contribution is 9.10. The number of benzene rings is 2. The molecule has 0 bridgehead atoms. The Morgan fingerprint density at radius 1 is 1.21 bits per heavy atom. The summed E-state index contributed by atoms with van der Waals surface area (Å²) in [6, 6.07) is 11.8. The molecule has 2 aromatic heterocycles. The van der Waals surface area contributed by atoms with Crippen LogP contribution in [0, 0.1) is 0 Å². The van der Waals surface area contributed by atoms with Gasteiger partial charge in [-0.15, -0.1) is 11.3 Å². The lowest BCUT2D eigenvalue weighted by Gasteiger charge is -2.22. The largest absolute Gasteiger partial charge is 0.497 e. The van der Waals surface area contributed by atoms with E-state index in [9.17, 15) is 9.59 Å². The van der Waals surface area contributed by atoms with Gasteiger partial charge in [-0.1, -0.05) is 28.1 Å². The molecule has 1 aliphatic heterocycles. The van der Waals surface area contributed by atoms with Crippen LogP contribution in [0.3, 0.4) is 0 Å². The summed E-state index contributed by atoms with van der Waals surface area (Å²) in [5.74, 6) is 0.299. The van der Waals surface area contributed by atoms with E-state index in [0.717, 1.165) is 10.0 Å². The Labute approximate surface area is 177 Å². The minimum absolute atomic E-state index is 0.0489. The van der Waals surface area contributed by atoms with Crippen LogP contribution in [-0.2, 0) is 0 Å². The molecular formula is C21H13BrN2O4S. The summed E-state index contributed by atoms with van der Waals surface area (Å²) in [7, 11) is 1.57. The molecule has 29 heavy (non-hydrogen) atoms. The van der Waals surface area contributed by atoms with Crippen molar-refractivity contribution in [2.75, 3.05) is 12.0 Å². The van der Waals surface area contributed by atoms with E-state index in [-0.39, 0.29) is 17.1 Å². The Morgan fingerprint density at radius 2 is 2.07 bits per heavy atom. The first-order chi connectivity index (χ1) is 14.1. The minimum Gasteiger partial charge on any atom is -0.497 e. The van der Waals surface area contributed by atoms with E-state index in [2.05, 4.69) is 20.9 Å². The van der Waals surface area contributed by atoms with Crippen molar-refractivity contribution >= 4 is 49.3 Å². The maximum absolute atomic E-state index is 13.5. The lowest BCUT2D eigenvalue weighted by molar-refractivity contribution is 0.0971. The third-order valence-electron chi connectivity index (χ3n) is 4.87. The fraction of sp³-hybridized carbons (Fsp3) is 0.0952. The molecule has 144 valence electrons. The van der Waals surface area contributed by atoms with Crippen LogP contribution < -0.4 is 15.1 Å². The molecule has 1 atom stereocenters. The number of methoxy groups -OCH3 is 1. The molecule has 5 rings (SSSR count). The number of carbonyl (C=O) groups excluding carboxylic acids is 1. The van der Waals surface area contributed by atoms with E-state index in [1.807, 2.05) is 24.3 Å². The van der Waals surface area contributed by atoms with Gasteiger partial charge in [-0.3, -0.25) is 14.5 Å². The second kappa shape index (κ2) is 6.82. The van der Waals surface area contributed by atoms with Gasteiger partial charge < -0.3 is 9.15 Å². The number of amides is 1. The van der Waals surface area contributed by atoms with Gasteiger partial charge in [0.1, 0.15) is 11.3 Å². The zero-order valence-corrected chi connectivity index (χ0v) is 17.5. The van der Waals surface area contributed by atoms with Crippen molar-refractivity contribution in [3.8, 4) is 5.75 Å². The van der Waals surface area contributed by atoms with E-state index in [1.54, 1.807) is 36.9 Å². The van der Waals surface area contributed by atoms with E-state index in [0.29, 0.717) is 27.4 Å². The number of aromatic nitrogens is 1. The van der Waals surface area contributed by atoms with Gasteiger partial charge in [0, 0.05) is 16.0 Å². The van der Waals surface area contributed by atoms with Gasteiger partial charge in [0.25, 0.3) is 5.91 Å². The van der Waals surface area contributed by atoms with Crippen LogP contribution in [0.25, 0.3) is 11.0 Å². The van der Waals surface area contributed by atoms with Crippen LogP contribution in [0.4, 0.5) is 5.13 Å². The highest BCUT2D eigenvalue weighted by Gasteiger charge is 2.44. The molecule has 1 amide bonds. The number of ether oxygens (including phenoxy) is 1. The van der Waals surface area contributed by atoms with Gasteiger partial charge in [0.2, 0.25) is 5.76 Å². The monoisotopic (exact) mass is 468 g/mol. The first-order valence-corrected chi connectivity index (χ1v) is 10.4. The highest BCUT2D eigenvalue weighted by atomic mass is 79.9. The van der Waals surface area contributed by atoms with E-state index in [4.69, 9.17) is 9.15 Å². The van der Waals surface area contributed by atoms with Crippen LogP contribution in [0.5, 0.6) is 5.75 Å². The maximum atomic E-state index is 13.5. The van der Waals surface area contributed by atoms with Crippen molar-refractivity contribution in [1.29, 1.82) is 0 Å². The molecule has 4 aromatic rings. The molecule has 0 aliphatic carbocycles. The van der Waals surface area contributed by atoms with Crippen molar-refractivity contribution in [3.63, 3.8) is 0 Å². The third kappa shape index (κ3) is 2.79. The van der Waals surface area contributed by atoms with Crippen LogP contribution in [0.15, 0.2) is 67.7 Å². The first-order valence-electron chi connectivity index (χ1n) is 8.71. The molecule has 6 nitrogen and oxygen atoms in total. The zero-order valence-electron chi connectivity index (χ0n) is 15.1. The number of thiazole rings is 1. The quantitative estimate of drug-likeness (QED) is 0.432. The molecule has 0 N–H and O–H groups in total. The summed E-state index contributed by atoms with van der Waals surface area (Å²) in [4.78, 5) is 32.6. The van der Waals surface area contributed by atoms with Gasteiger partial charge in [-0.25, -0.2) is 4.98 Å². The minimum atomic E-state index is -0.654. The van der Waals surface area contributed by atoms with Crippen LogP contribution >= 0.6 is 27.3 Å². The van der Waals surface area contributed by atoms with Gasteiger partial charge in [0.05, 0.1) is 24.1 Å². The number of nitrogens with zero attached hydrogens (tertiary/aromatic N) is 2. The van der Waals surface area contributed by atoms with E-state index >= 15 is 0 Å². The summed E-state index contributed by atoms with van der Waals surface area (Å²) in [5, 5.41) is 2.70. The molecule has 0 unspecified atom stereocenters. The Hall–Kier alpha value is -2.97. The van der Waals surface area contributed by atoms with Crippen molar-refractivity contribution in [2.45, 2.75) is 6.04 Å². The average Bonchev–Trinajstić information content (AvgIpc) is 3.35. The van der Waals surface area contributed by atoms with E-state index < -0.39 is 6.04 Å². The second-order valence-electron chi connectivity index (χ2n) is 6.48. The Balaban J connectivity index is 1.83. The Kier molecular flexibility index (Phi) is 4.25. The molecule has 0 fully saturated rings. The maximum Gasteiger partial charge on any atom is 0.297 e. The molecule has 3 heterocycles. The van der Waals surface area contributed by atoms with Crippen molar-refractivity contribution in [3.05, 3.63) is 85.6 Å². The Morgan fingerprint density at radius 3 is 2.83 bits per heavy atom. The molecule has 8 heteroatoms. The van der Waals surface area contributed by atoms with Crippen LogP contribution in [0.1, 0.15) is 27.7 Å². The summed E-state index contributed by atoms with van der Waals surface area (Å²) < 4.78 is 12.0. The Bertz CT molecular complexity index is 1320. The average molecular weight is 469 g/mol. The lowest BCUT2D eigenvalue weighted by atomic mass is 9.98. The molecule has 1 aliphatic rings. The van der Waals surface area contributed by atoms with Crippen LogP contribution in [0.2, 0.25) is 0 Å². The third-order valence-corrected chi connectivity index (χ3v) is 6.13. The first kappa shape index (κ1) is 18.1. The number of hydrogen-bond acceptors (Lipinski definition) is 6. The standard InChI is InChI=1S/C21H13BrN2O4S/c1-27-13-4-2-3-11(9-13)17-16-18(25)14-10-12(22)5-6-15(14)28-19(16)20(26)24(17)21-23-7-8-29-21/h2-10,17H,1H3/t17-/m0/s1. The molecule has 0 saturated heterocycles. The van der Waals surface area contributed by atoms with Gasteiger partial charge >= 0.3 is 0 Å². The second-order valence-corrected chi connectivity index (χ2v) is 8.27. The zero-order chi connectivity index (χ0) is 20.1. The summed E-state index contributed by atoms with van der Waals surface area (Å²) in [5.41, 5.74) is 1.19. The predicted molar refractivity (Wildman–Crippen MR) is 114 cm³/mol. The van der Waals surface area contributed by atoms with Crippen molar-refractivity contribution < 1.29 is 13.9 Å². The SMILES string of the molecule is COc1cccc([C@H]2c3c(oc4ccc(Br)cc4c3=O)C(=O)N2c2nccs2)c1. The van der Waals surface area contributed by atoms with E-state index in [1.165, 1.54) is 16.2 Å². The molecular weight excluding hydrogens is 456 g/mol. The van der Waals surface area contributed by atoms with Gasteiger partial charge in [-0.2, -0.15) is 0 Å². The number of halogens is 1. The van der Waals surface area contributed by atoms with Crippen molar-refractivity contribution in [2.24, 2.45) is 0 Å². The van der Waals surface area contributed by atoms with Crippen LogP contribution in [-0.4, -0.2) is 18.0 Å². The summed E-state index contributed by atoms with van der Waals surface area (Å²) in [6.45, 7) is 0. The topological polar surface area (TPSA) is 72.6 Å². The molecule has 0 saturated carbocycles. The number of hydrogen-bond donors (Lipinski definition) is 0. The molecule has 0 radical (unpaired) electrons. The molecule has 0 spiro atoms. The van der Waals surface area contributed by atoms with Gasteiger partial charge in [-0.05, 0) is 35.9 Å². The van der Waals surface area contributed by atoms with Gasteiger partial charge in [0.15, 0.2) is 10.6 Å². The van der Waals surface area contributed by atoms with Crippen molar-refractivity contribution in [1.82, 2.24) is 4.98 Å². The number of anilines is 1. The summed E-state index contributed by atoms with van der Waals surface area (Å²) >= 11 is 4.73. The smallest absolute Gasteiger partial charge is 0.297 e. The number of rotatable bonds is 3.